The molecular formula is C12H17BrN2O. The lowest BCUT2D eigenvalue weighted by atomic mass is 9.94. The Morgan fingerprint density at radius 3 is 3.06 bits per heavy atom. The molecule has 2 N–H and O–H groups in total. The monoisotopic (exact) mass is 284 g/mol. The maximum Gasteiger partial charge on any atom is 0.228 e. The summed E-state index contributed by atoms with van der Waals surface area (Å²) < 4.78 is 6.85. The summed E-state index contributed by atoms with van der Waals surface area (Å²) in [7, 11) is 0. The van der Waals surface area contributed by atoms with E-state index in [4.69, 9.17) is 10.5 Å². The van der Waals surface area contributed by atoms with Gasteiger partial charge in [-0.25, -0.2) is 4.98 Å². The lowest BCUT2D eigenvalue weighted by Crippen LogP contribution is -2.33. The van der Waals surface area contributed by atoms with E-state index in [0.717, 1.165) is 35.7 Å². The van der Waals surface area contributed by atoms with Crippen LogP contribution in [0.5, 0.6) is 5.88 Å². The number of hydrogen-bond acceptors (Lipinski definition) is 3. The summed E-state index contributed by atoms with van der Waals surface area (Å²) in [5.41, 5.74) is 7.08. The molecule has 0 aliphatic heterocycles. The summed E-state index contributed by atoms with van der Waals surface area (Å²) in [5.74, 6) is 0.694. The van der Waals surface area contributed by atoms with Gasteiger partial charge in [-0.3, -0.25) is 0 Å². The van der Waals surface area contributed by atoms with Crippen LogP contribution >= 0.6 is 15.9 Å². The van der Waals surface area contributed by atoms with Crippen molar-refractivity contribution in [1.82, 2.24) is 4.98 Å². The van der Waals surface area contributed by atoms with Crippen LogP contribution in [0, 0.1) is 6.92 Å². The molecule has 1 aromatic heterocycles. The molecular weight excluding hydrogens is 268 g/mol. The van der Waals surface area contributed by atoms with Gasteiger partial charge in [-0.05, 0) is 60.2 Å². The van der Waals surface area contributed by atoms with Gasteiger partial charge in [-0.2, -0.15) is 0 Å². The summed E-state index contributed by atoms with van der Waals surface area (Å²) >= 11 is 3.50. The van der Waals surface area contributed by atoms with Crippen molar-refractivity contribution in [2.45, 2.75) is 44.8 Å². The van der Waals surface area contributed by atoms with E-state index >= 15 is 0 Å². The van der Waals surface area contributed by atoms with Crippen molar-refractivity contribution >= 4 is 15.9 Å². The molecule has 1 aliphatic rings. The first-order valence-corrected chi connectivity index (χ1v) is 6.49. The SMILES string of the molecule is Cc1ccnc(OC2CCCC(N)C2)c1Br. The smallest absolute Gasteiger partial charge is 0.228 e. The van der Waals surface area contributed by atoms with E-state index in [-0.39, 0.29) is 12.1 Å². The van der Waals surface area contributed by atoms with E-state index in [1.165, 1.54) is 0 Å². The Hall–Kier alpha value is -0.610. The minimum absolute atomic E-state index is 0.217. The second-order valence-electron chi connectivity index (χ2n) is 4.41. The van der Waals surface area contributed by atoms with Crippen molar-refractivity contribution in [2.75, 3.05) is 0 Å². The molecule has 4 heteroatoms. The fraction of sp³-hybridized carbons (Fsp3) is 0.583. The number of aryl methyl sites for hydroxylation is 1. The third-order valence-electron chi connectivity index (χ3n) is 3.00. The van der Waals surface area contributed by atoms with Crippen molar-refractivity contribution in [1.29, 1.82) is 0 Å². The molecule has 0 aromatic carbocycles. The zero-order valence-electron chi connectivity index (χ0n) is 9.45. The predicted octanol–water partition coefficient (Wildman–Crippen LogP) is 2.80. The molecule has 0 saturated heterocycles. The number of hydrogen-bond donors (Lipinski definition) is 1. The average Bonchev–Trinajstić information content (AvgIpc) is 2.25. The van der Waals surface area contributed by atoms with Crippen LogP contribution < -0.4 is 10.5 Å². The van der Waals surface area contributed by atoms with Crippen molar-refractivity contribution in [3.8, 4) is 5.88 Å². The highest BCUT2D eigenvalue weighted by Crippen LogP contribution is 2.29. The number of nitrogens with two attached hydrogens (primary N) is 1. The van der Waals surface area contributed by atoms with Gasteiger partial charge in [0.2, 0.25) is 5.88 Å². The molecule has 2 unspecified atom stereocenters. The Morgan fingerprint density at radius 2 is 2.31 bits per heavy atom. The van der Waals surface area contributed by atoms with Crippen LogP contribution in [0.4, 0.5) is 0 Å². The highest BCUT2D eigenvalue weighted by molar-refractivity contribution is 9.10. The van der Waals surface area contributed by atoms with Crippen LogP contribution in [-0.2, 0) is 0 Å². The lowest BCUT2D eigenvalue weighted by molar-refractivity contribution is 0.137. The average molecular weight is 285 g/mol. The molecule has 1 aromatic rings. The summed E-state index contributed by atoms with van der Waals surface area (Å²) in [5, 5.41) is 0. The summed E-state index contributed by atoms with van der Waals surface area (Å²) in [6, 6.07) is 2.24. The first kappa shape index (κ1) is 11.9. The minimum atomic E-state index is 0.217. The number of rotatable bonds is 2. The molecule has 1 aliphatic carbocycles. The van der Waals surface area contributed by atoms with Crippen LogP contribution in [0.15, 0.2) is 16.7 Å². The van der Waals surface area contributed by atoms with Crippen molar-refractivity contribution in [2.24, 2.45) is 5.73 Å². The number of nitrogens with zero attached hydrogens (tertiary/aromatic N) is 1. The molecule has 1 heterocycles. The van der Waals surface area contributed by atoms with Gasteiger partial charge < -0.3 is 10.5 Å². The Labute approximate surface area is 105 Å². The van der Waals surface area contributed by atoms with Crippen LogP contribution in [0.25, 0.3) is 0 Å². The second-order valence-corrected chi connectivity index (χ2v) is 5.21. The topological polar surface area (TPSA) is 48.1 Å². The fourth-order valence-electron chi connectivity index (χ4n) is 2.04. The van der Waals surface area contributed by atoms with E-state index in [9.17, 15) is 0 Å². The molecule has 0 radical (unpaired) electrons. The maximum atomic E-state index is 5.93. The summed E-state index contributed by atoms with van der Waals surface area (Å²) in [4.78, 5) is 4.25. The molecule has 1 saturated carbocycles. The normalized spacial score (nSPS) is 25.4. The van der Waals surface area contributed by atoms with Crippen LogP contribution in [0.3, 0.4) is 0 Å². The first-order chi connectivity index (χ1) is 7.66. The third-order valence-corrected chi connectivity index (χ3v) is 3.96. The van der Waals surface area contributed by atoms with Gasteiger partial charge in [-0.15, -0.1) is 0 Å². The Balaban J connectivity index is 2.05. The standard InChI is InChI=1S/C12H17BrN2O/c1-8-5-6-15-12(11(8)13)16-10-4-2-3-9(14)7-10/h5-6,9-10H,2-4,7,14H2,1H3. The van der Waals surface area contributed by atoms with Gasteiger partial charge in [-0.1, -0.05) is 0 Å². The van der Waals surface area contributed by atoms with Gasteiger partial charge >= 0.3 is 0 Å². The summed E-state index contributed by atoms with van der Waals surface area (Å²) in [6.07, 6.45) is 6.27. The lowest BCUT2D eigenvalue weighted by Gasteiger charge is -2.27. The zero-order chi connectivity index (χ0) is 11.5. The predicted molar refractivity (Wildman–Crippen MR) is 67.5 cm³/mol. The molecule has 0 amide bonds. The highest BCUT2D eigenvalue weighted by atomic mass is 79.9. The van der Waals surface area contributed by atoms with Crippen LogP contribution in [-0.4, -0.2) is 17.1 Å². The molecule has 0 bridgehead atoms. The van der Waals surface area contributed by atoms with E-state index < -0.39 is 0 Å². The van der Waals surface area contributed by atoms with E-state index in [2.05, 4.69) is 20.9 Å². The van der Waals surface area contributed by atoms with E-state index in [1.807, 2.05) is 13.0 Å². The van der Waals surface area contributed by atoms with Crippen molar-refractivity contribution < 1.29 is 4.74 Å². The van der Waals surface area contributed by atoms with Crippen molar-refractivity contribution in [3.63, 3.8) is 0 Å². The van der Waals surface area contributed by atoms with Gasteiger partial charge in [0.1, 0.15) is 6.10 Å². The van der Waals surface area contributed by atoms with Crippen LogP contribution in [0.2, 0.25) is 0 Å². The zero-order valence-corrected chi connectivity index (χ0v) is 11.0. The van der Waals surface area contributed by atoms with Crippen LogP contribution in [0.1, 0.15) is 31.2 Å². The Bertz CT molecular complexity index is 370. The molecule has 2 atom stereocenters. The van der Waals surface area contributed by atoms with E-state index in [0.29, 0.717) is 5.88 Å². The summed E-state index contributed by atoms with van der Waals surface area (Å²) in [6.45, 7) is 2.03. The molecule has 16 heavy (non-hydrogen) atoms. The molecule has 3 nitrogen and oxygen atoms in total. The molecule has 88 valence electrons. The van der Waals surface area contributed by atoms with Gasteiger partial charge in [0.05, 0.1) is 4.47 Å². The third kappa shape index (κ3) is 2.74. The van der Waals surface area contributed by atoms with E-state index in [1.54, 1.807) is 6.20 Å². The van der Waals surface area contributed by atoms with Gasteiger partial charge in [0, 0.05) is 12.2 Å². The van der Waals surface area contributed by atoms with Gasteiger partial charge in [0.25, 0.3) is 0 Å². The molecule has 1 fully saturated rings. The number of halogens is 1. The second kappa shape index (κ2) is 5.15. The number of ether oxygens (including phenoxy) is 1. The maximum absolute atomic E-state index is 5.93. The Morgan fingerprint density at radius 1 is 1.50 bits per heavy atom. The molecule has 2 rings (SSSR count). The van der Waals surface area contributed by atoms with Gasteiger partial charge in [0.15, 0.2) is 0 Å². The highest BCUT2D eigenvalue weighted by Gasteiger charge is 2.21. The minimum Gasteiger partial charge on any atom is -0.473 e. The Kier molecular flexibility index (Phi) is 3.82. The quantitative estimate of drug-likeness (QED) is 0.909. The fourth-order valence-corrected chi connectivity index (χ4v) is 2.37. The number of pyridine rings is 1. The molecule has 0 spiro atoms. The largest absolute Gasteiger partial charge is 0.473 e. The number of aromatic nitrogens is 1. The first-order valence-electron chi connectivity index (χ1n) is 5.70. The van der Waals surface area contributed by atoms with Crippen molar-refractivity contribution in [3.05, 3.63) is 22.3 Å².